The summed E-state index contributed by atoms with van der Waals surface area (Å²) in [6.07, 6.45) is 4.76. The maximum absolute atomic E-state index is 9.20. The zero-order chi connectivity index (χ0) is 18.8. The summed E-state index contributed by atoms with van der Waals surface area (Å²) in [7, 11) is 1.64. The molecule has 0 aliphatic carbocycles. The topological polar surface area (TPSA) is 90.4 Å². The van der Waals surface area contributed by atoms with E-state index in [1.54, 1.807) is 11.8 Å². The Morgan fingerprint density at radius 3 is 2.63 bits per heavy atom. The van der Waals surface area contributed by atoms with Crippen LogP contribution >= 0.6 is 0 Å². The molecule has 27 heavy (non-hydrogen) atoms. The van der Waals surface area contributed by atoms with Gasteiger partial charge in [-0.3, -0.25) is 4.68 Å². The molecule has 1 aromatic carbocycles. The van der Waals surface area contributed by atoms with Crippen LogP contribution in [0.5, 0.6) is 5.75 Å². The van der Waals surface area contributed by atoms with Gasteiger partial charge in [0.25, 0.3) is 0 Å². The van der Waals surface area contributed by atoms with Crippen LogP contribution in [0.25, 0.3) is 28.1 Å². The highest BCUT2D eigenvalue weighted by Gasteiger charge is 2.17. The standard InChI is InChI=1S/C19H22N6O2/c1-3-4-5-16-20-18-15(12-24(22-18)10-11-26)19-21-17(23-25(16)19)13-6-8-14(27-2)9-7-13/h6-9,12,26H,3-5,10-11H2,1-2H3. The molecule has 0 amide bonds. The van der Waals surface area contributed by atoms with Crippen LogP contribution in [0.3, 0.4) is 0 Å². The molecule has 8 heteroatoms. The molecular weight excluding hydrogens is 344 g/mol. The van der Waals surface area contributed by atoms with Crippen LogP contribution in [0.1, 0.15) is 25.6 Å². The van der Waals surface area contributed by atoms with Gasteiger partial charge in [-0.25, -0.2) is 9.97 Å². The summed E-state index contributed by atoms with van der Waals surface area (Å²) in [5.74, 6) is 2.28. The molecule has 0 fully saturated rings. The maximum atomic E-state index is 9.20. The van der Waals surface area contributed by atoms with E-state index in [0.29, 0.717) is 18.0 Å². The molecule has 0 aliphatic rings. The highest BCUT2D eigenvalue weighted by atomic mass is 16.5. The minimum Gasteiger partial charge on any atom is -0.497 e. The number of hydrogen-bond acceptors (Lipinski definition) is 6. The fourth-order valence-corrected chi connectivity index (χ4v) is 3.06. The molecule has 0 radical (unpaired) electrons. The first-order valence-corrected chi connectivity index (χ1v) is 9.11. The molecule has 4 rings (SSSR count). The third-order valence-corrected chi connectivity index (χ3v) is 4.50. The van der Waals surface area contributed by atoms with Crippen molar-refractivity contribution in [2.75, 3.05) is 13.7 Å². The SMILES string of the molecule is CCCCc1nc2nn(CCO)cc2c2nc(-c3ccc(OC)cc3)nn12. The number of fused-ring (bicyclic) bond motifs is 3. The number of methoxy groups -OCH3 is 1. The fourth-order valence-electron chi connectivity index (χ4n) is 3.06. The summed E-state index contributed by atoms with van der Waals surface area (Å²) in [5, 5.41) is 19.2. The Morgan fingerprint density at radius 2 is 1.93 bits per heavy atom. The zero-order valence-corrected chi connectivity index (χ0v) is 15.5. The van der Waals surface area contributed by atoms with E-state index in [0.717, 1.165) is 47.4 Å². The molecule has 140 valence electrons. The third-order valence-electron chi connectivity index (χ3n) is 4.50. The lowest BCUT2D eigenvalue weighted by atomic mass is 10.2. The normalized spacial score (nSPS) is 11.5. The Morgan fingerprint density at radius 1 is 1.11 bits per heavy atom. The second-order valence-corrected chi connectivity index (χ2v) is 6.38. The number of nitrogens with zero attached hydrogens (tertiary/aromatic N) is 6. The predicted molar refractivity (Wildman–Crippen MR) is 102 cm³/mol. The maximum Gasteiger partial charge on any atom is 0.186 e. The molecule has 0 bridgehead atoms. The van der Waals surface area contributed by atoms with Gasteiger partial charge >= 0.3 is 0 Å². The number of aromatic nitrogens is 6. The lowest BCUT2D eigenvalue weighted by Gasteiger charge is -2.02. The molecule has 0 aliphatic heterocycles. The molecule has 3 heterocycles. The smallest absolute Gasteiger partial charge is 0.186 e. The van der Waals surface area contributed by atoms with Gasteiger partial charge in [-0.1, -0.05) is 13.3 Å². The van der Waals surface area contributed by atoms with E-state index < -0.39 is 0 Å². The van der Waals surface area contributed by atoms with Crippen molar-refractivity contribution in [3.05, 3.63) is 36.3 Å². The van der Waals surface area contributed by atoms with E-state index in [2.05, 4.69) is 12.0 Å². The van der Waals surface area contributed by atoms with Crippen molar-refractivity contribution in [2.45, 2.75) is 32.7 Å². The summed E-state index contributed by atoms with van der Waals surface area (Å²) in [4.78, 5) is 9.47. The number of aliphatic hydroxyl groups excluding tert-OH is 1. The Kier molecular flexibility index (Phi) is 4.72. The van der Waals surface area contributed by atoms with E-state index in [4.69, 9.17) is 19.8 Å². The number of ether oxygens (including phenoxy) is 1. The van der Waals surface area contributed by atoms with Gasteiger partial charge in [0.2, 0.25) is 0 Å². The lowest BCUT2D eigenvalue weighted by Crippen LogP contribution is -2.04. The van der Waals surface area contributed by atoms with Crippen molar-refractivity contribution in [1.82, 2.24) is 29.4 Å². The van der Waals surface area contributed by atoms with Gasteiger partial charge < -0.3 is 9.84 Å². The number of hydrogen-bond donors (Lipinski definition) is 1. The molecule has 0 saturated carbocycles. The Hall–Kier alpha value is -3.00. The highest BCUT2D eigenvalue weighted by molar-refractivity contribution is 5.89. The summed E-state index contributed by atoms with van der Waals surface area (Å²) in [6, 6.07) is 7.68. The zero-order valence-electron chi connectivity index (χ0n) is 15.5. The number of unbranched alkanes of at least 4 members (excludes halogenated alkanes) is 1. The molecule has 0 saturated heterocycles. The average molecular weight is 366 g/mol. The summed E-state index contributed by atoms with van der Waals surface area (Å²) in [5.41, 5.74) is 2.29. The number of benzene rings is 1. The van der Waals surface area contributed by atoms with Crippen LogP contribution in [0, 0.1) is 0 Å². The molecule has 0 unspecified atom stereocenters. The van der Waals surface area contributed by atoms with Crippen molar-refractivity contribution in [3.63, 3.8) is 0 Å². The average Bonchev–Trinajstić information content (AvgIpc) is 3.30. The number of aliphatic hydroxyl groups is 1. The monoisotopic (exact) mass is 366 g/mol. The van der Waals surface area contributed by atoms with E-state index in [1.807, 2.05) is 35.0 Å². The minimum atomic E-state index is 0.0246. The van der Waals surface area contributed by atoms with E-state index in [9.17, 15) is 5.11 Å². The first-order chi connectivity index (χ1) is 13.2. The largest absolute Gasteiger partial charge is 0.497 e. The molecule has 8 nitrogen and oxygen atoms in total. The first-order valence-electron chi connectivity index (χ1n) is 9.11. The van der Waals surface area contributed by atoms with Crippen LogP contribution in [0.15, 0.2) is 30.5 Å². The summed E-state index contributed by atoms with van der Waals surface area (Å²) < 4.78 is 8.74. The van der Waals surface area contributed by atoms with Crippen LogP contribution in [0.2, 0.25) is 0 Å². The van der Waals surface area contributed by atoms with Gasteiger partial charge in [-0.05, 0) is 30.7 Å². The molecule has 4 aromatic rings. The highest BCUT2D eigenvalue weighted by Crippen LogP contribution is 2.24. The molecule has 0 atom stereocenters. The Balaban J connectivity index is 1.88. The van der Waals surface area contributed by atoms with Crippen molar-refractivity contribution in [3.8, 4) is 17.1 Å². The summed E-state index contributed by atoms with van der Waals surface area (Å²) >= 11 is 0. The van der Waals surface area contributed by atoms with Crippen LogP contribution in [-0.2, 0) is 13.0 Å². The number of rotatable bonds is 7. The van der Waals surface area contributed by atoms with Crippen LogP contribution < -0.4 is 4.74 Å². The Labute approximate surface area is 156 Å². The molecule has 0 spiro atoms. The van der Waals surface area contributed by atoms with Gasteiger partial charge in [0.05, 0.1) is 25.6 Å². The lowest BCUT2D eigenvalue weighted by molar-refractivity contribution is 0.270. The third kappa shape index (κ3) is 3.23. The first kappa shape index (κ1) is 17.4. The fraction of sp³-hybridized carbons (Fsp3) is 0.368. The summed E-state index contributed by atoms with van der Waals surface area (Å²) in [6.45, 7) is 2.60. The second kappa shape index (κ2) is 7.32. The number of aryl methyl sites for hydroxylation is 1. The van der Waals surface area contributed by atoms with Crippen molar-refractivity contribution in [1.29, 1.82) is 0 Å². The quantitative estimate of drug-likeness (QED) is 0.540. The Bertz CT molecular complexity index is 1070. The van der Waals surface area contributed by atoms with Gasteiger partial charge in [0.1, 0.15) is 11.6 Å². The molecular formula is C19H22N6O2. The van der Waals surface area contributed by atoms with Gasteiger partial charge in [-0.2, -0.15) is 9.61 Å². The van der Waals surface area contributed by atoms with Crippen molar-refractivity contribution < 1.29 is 9.84 Å². The van der Waals surface area contributed by atoms with Crippen molar-refractivity contribution >= 4 is 16.7 Å². The van der Waals surface area contributed by atoms with Gasteiger partial charge in [0, 0.05) is 18.2 Å². The molecule has 1 N–H and O–H groups in total. The van der Waals surface area contributed by atoms with Crippen LogP contribution in [-0.4, -0.2) is 48.2 Å². The van der Waals surface area contributed by atoms with Crippen LogP contribution in [0.4, 0.5) is 0 Å². The van der Waals surface area contributed by atoms with Gasteiger partial charge in [0.15, 0.2) is 17.1 Å². The second-order valence-electron chi connectivity index (χ2n) is 6.38. The van der Waals surface area contributed by atoms with E-state index in [1.165, 1.54) is 0 Å². The van der Waals surface area contributed by atoms with Crippen molar-refractivity contribution in [2.24, 2.45) is 0 Å². The van der Waals surface area contributed by atoms with Gasteiger partial charge in [-0.15, -0.1) is 5.10 Å². The van der Waals surface area contributed by atoms with E-state index >= 15 is 0 Å². The van der Waals surface area contributed by atoms with E-state index in [-0.39, 0.29) is 6.61 Å². The minimum absolute atomic E-state index is 0.0246. The molecule has 3 aromatic heterocycles. The predicted octanol–water partition coefficient (Wildman–Crippen LogP) is 2.48.